The number of aromatic nitrogens is 3. The first kappa shape index (κ1) is 56.3. The Balaban J connectivity index is 0.725. The summed E-state index contributed by atoms with van der Waals surface area (Å²) in [6.45, 7) is 17.4. The Labute approximate surface area is 461 Å². The SMILES string of the molecule is Cc1ncsc1-c1ccc([C@H](C)NC(=O)[C@@H]2C[C@@H](O)CN2C(=O)[C@@H](NC(=O)COCCOC2CCN(C[C@@H](C)Oc3nc4c(c(N5CCN[C@@H](CC#N)C5)n3)CCN(c3cc(O)cc5ccccc35)C4)CC2)C(C)(C)C)cc1. The number of rotatable bonds is 19. The maximum absolute atomic E-state index is 14.2. The zero-order chi connectivity index (χ0) is 55.1. The third-order valence-corrected chi connectivity index (χ3v) is 16.3. The first-order valence-electron chi connectivity index (χ1n) is 27.4. The lowest BCUT2D eigenvalue weighted by atomic mass is 9.85. The molecule has 3 aromatic carbocycles. The molecule has 3 fully saturated rings. The topological polar surface area (TPSA) is 231 Å². The number of nitrogens with one attached hydrogen (secondary N) is 3. The van der Waals surface area contributed by atoms with Crippen molar-refractivity contribution >= 4 is 51.3 Å². The maximum Gasteiger partial charge on any atom is 0.318 e. The minimum atomic E-state index is -0.975. The molecule has 3 amide bonds. The van der Waals surface area contributed by atoms with E-state index < -0.39 is 35.4 Å². The quantitative estimate of drug-likeness (QED) is 0.0629. The molecule has 5 aromatic rings. The highest BCUT2D eigenvalue weighted by atomic mass is 32.1. The number of likely N-dealkylation sites (tertiary alicyclic amines) is 2. The van der Waals surface area contributed by atoms with Crippen molar-refractivity contribution in [2.24, 2.45) is 5.41 Å². The lowest BCUT2D eigenvalue weighted by Crippen LogP contribution is -2.58. The van der Waals surface area contributed by atoms with Crippen molar-refractivity contribution in [3.05, 3.63) is 88.7 Å². The van der Waals surface area contributed by atoms with Crippen LogP contribution < -0.4 is 30.5 Å². The number of aliphatic hydroxyl groups excluding tert-OH is 1. The first-order chi connectivity index (χ1) is 37.5. The van der Waals surface area contributed by atoms with Gasteiger partial charge in [0, 0.05) is 87.5 Å². The van der Waals surface area contributed by atoms with Crippen molar-refractivity contribution in [3.8, 4) is 28.3 Å². The molecule has 3 saturated heterocycles. The van der Waals surface area contributed by atoms with E-state index in [1.165, 1.54) is 4.90 Å². The van der Waals surface area contributed by atoms with Crippen molar-refractivity contribution in [3.63, 3.8) is 0 Å². The molecule has 6 heterocycles. The van der Waals surface area contributed by atoms with Gasteiger partial charge >= 0.3 is 6.01 Å². The molecule has 78 heavy (non-hydrogen) atoms. The second-order valence-corrected chi connectivity index (χ2v) is 23.2. The van der Waals surface area contributed by atoms with Gasteiger partial charge in [0.15, 0.2) is 0 Å². The molecule has 5 N–H and O–H groups in total. The molecular weight excluding hydrogens is 1010 g/mol. The monoisotopic (exact) mass is 1090 g/mol. The second kappa shape index (κ2) is 25.1. The van der Waals surface area contributed by atoms with Crippen LogP contribution in [0.3, 0.4) is 0 Å². The van der Waals surface area contributed by atoms with Crippen LogP contribution in [-0.4, -0.2) is 161 Å². The van der Waals surface area contributed by atoms with Gasteiger partial charge in [0.2, 0.25) is 17.7 Å². The summed E-state index contributed by atoms with van der Waals surface area (Å²) in [5, 5.41) is 42.3. The van der Waals surface area contributed by atoms with Crippen LogP contribution in [0.2, 0.25) is 0 Å². The molecule has 6 atom stereocenters. The van der Waals surface area contributed by atoms with Crippen molar-refractivity contribution < 1.29 is 38.8 Å². The van der Waals surface area contributed by atoms with E-state index in [0.29, 0.717) is 38.7 Å². The number of aryl methyl sites for hydroxylation is 1. The largest absolute Gasteiger partial charge is 0.508 e. The highest BCUT2D eigenvalue weighted by molar-refractivity contribution is 7.13. The van der Waals surface area contributed by atoms with Crippen LogP contribution in [0.5, 0.6) is 11.8 Å². The number of carbonyl (C=O) groups is 3. The van der Waals surface area contributed by atoms with Crippen molar-refractivity contribution in [2.75, 3.05) is 82.0 Å². The Morgan fingerprint density at radius 3 is 2.50 bits per heavy atom. The van der Waals surface area contributed by atoms with E-state index in [2.05, 4.69) is 47.8 Å². The number of thiazole rings is 1. The molecule has 19 nitrogen and oxygen atoms in total. The molecule has 0 bridgehead atoms. The number of phenols is 1. The number of carbonyl (C=O) groups excluding carboxylic acids is 3. The zero-order valence-corrected chi connectivity index (χ0v) is 46.6. The summed E-state index contributed by atoms with van der Waals surface area (Å²) in [6.07, 6.45) is 1.79. The first-order valence-corrected chi connectivity index (χ1v) is 28.3. The number of piperidine rings is 1. The smallest absolute Gasteiger partial charge is 0.318 e. The fourth-order valence-electron chi connectivity index (χ4n) is 11.2. The Kier molecular flexibility index (Phi) is 18.1. The molecule has 9 rings (SSSR count). The van der Waals surface area contributed by atoms with Crippen LogP contribution in [0.1, 0.15) is 88.9 Å². The van der Waals surface area contributed by atoms with Crippen LogP contribution >= 0.6 is 11.3 Å². The summed E-state index contributed by atoms with van der Waals surface area (Å²) in [4.78, 5) is 65.0. The Hall–Kier alpha value is -6.47. The summed E-state index contributed by atoms with van der Waals surface area (Å²) < 4.78 is 18.5. The van der Waals surface area contributed by atoms with Gasteiger partial charge in [-0.3, -0.25) is 19.3 Å². The fraction of sp³-hybridized carbons (Fsp3) is 0.534. The maximum atomic E-state index is 14.2. The summed E-state index contributed by atoms with van der Waals surface area (Å²) >= 11 is 1.58. The number of aliphatic hydroxyl groups is 1. The Bertz CT molecular complexity index is 2940. The van der Waals surface area contributed by atoms with Gasteiger partial charge in [-0.25, -0.2) is 4.98 Å². The van der Waals surface area contributed by atoms with E-state index in [1.807, 2.05) is 95.6 Å². The van der Waals surface area contributed by atoms with Crippen molar-refractivity contribution in [1.82, 2.24) is 40.7 Å². The number of ether oxygens (including phenoxy) is 3. The molecule has 0 unspecified atom stereocenters. The number of nitriles is 1. The van der Waals surface area contributed by atoms with Gasteiger partial charge in [0.1, 0.15) is 36.4 Å². The van der Waals surface area contributed by atoms with E-state index in [9.17, 15) is 29.9 Å². The third-order valence-electron chi connectivity index (χ3n) is 15.3. The molecular formula is C58H75N11O8S. The molecule has 0 aliphatic carbocycles. The lowest BCUT2D eigenvalue weighted by molar-refractivity contribution is -0.144. The van der Waals surface area contributed by atoms with Crippen molar-refractivity contribution in [2.45, 2.75) is 123 Å². The number of hydrogen-bond acceptors (Lipinski definition) is 17. The number of hydrogen-bond donors (Lipinski definition) is 5. The Morgan fingerprint density at radius 1 is 0.974 bits per heavy atom. The van der Waals surface area contributed by atoms with Gasteiger partial charge in [-0.05, 0) is 68.0 Å². The number of nitrogens with zero attached hydrogens (tertiary/aromatic N) is 8. The number of benzene rings is 3. The van der Waals surface area contributed by atoms with Crippen LogP contribution in [0.4, 0.5) is 11.5 Å². The minimum Gasteiger partial charge on any atom is -0.508 e. The van der Waals surface area contributed by atoms with Crippen molar-refractivity contribution in [1.29, 1.82) is 5.26 Å². The van der Waals surface area contributed by atoms with Crippen LogP contribution in [0.25, 0.3) is 21.2 Å². The predicted molar refractivity (Wildman–Crippen MR) is 299 cm³/mol. The standard InChI is InChI=1S/C58H75N11O8S/c1-36(77-57-63-48-33-67(49-28-43(70)27-41-9-7-8-10-46(41)49)23-18-47(48)54(65-57)68-24-20-60-42(31-68)15-19-59)30-66-21-16-45(17-22-66)76-26-25-75-34-51(72)64-53(58(4,5)6)56(74)69-32-44(71)29-50(69)55(73)62-37(2)39-11-13-40(14-12-39)52-38(3)61-35-78-52/h7-14,27-28,35-37,42,44-45,50,53,60,70-71H,15-18,20-26,29-34H2,1-6H3,(H,62,73)(H,64,72)/t36-,37+,42+,44-,50+,53-/m1/s1. The number of fused-ring (bicyclic) bond motifs is 2. The van der Waals surface area contributed by atoms with Gasteiger partial charge in [0.25, 0.3) is 0 Å². The number of amides is 3. The normalized spacial score (nSPS) is 20.4. The molecule has 4 aliphatic heterocycles. The molecule has 416 valence electrons. The number of phenolic OH excluding ortho intramolecular Hbond substituents is 1. The highest BCUT2D eigenvalue weighted by Gasteiger charge is 2.45. The zero-order valence-electron chi connectivity index (χ0n) is 45.7. The molecule has 2 aromatic heterocycles. The van der Waals surface area contributed by atoms with Crippen LogP contribution in [0.15, 0.2) is 66.2 Å². The van der Waals surface area contributed by atoms with Gasteiger partial charge in [-0.2, -0.15) is 15.2 Å². The average molecular weight is 1090 g/mol. The summed E-state index contributed by atoms with van der Waals surface area (Å²) in [5.74, 6) is -0.191. The summed E-state index contributed by atoms with van der Waals surface area (Å²) in [7, 11) is 0. The summed E-state index contributed by atoms with van der Waals surface area (Å²) in [6, 6.07) is 20.1. The molecule has 4 aliphatic rings. The van der Waals surface area contributed by atoms with E-state index in [4.69, 9.17) is 24.2 Å². The van der Waals surface area contributed by atoms with Gasteiger partial charge in [0.05, 0.1) is 72.3 Å². The summed E-state index contributed by atoms with van der Waals surface area (Å²) in [5.41, 5.74) is 6.96. The van der Waals surface area contributed by atoms with Gasteiger partial charge in [-0.15, -0.1) is 11.3 Å². The van der Waals surface area contributed by atoms with Crippen LogP contribution in [0, 0.1) is 23.7 Å². The van der Waals surface area contributed by atoms with Crippen LogP contribution in [-0.2, 0) is 36.8 Å². The second-order valence-electron chi connectivity index (χ2n) is 22.3. The molecule has 0 radical (unpaired) electrons. The number of piperazine rings is 1. The third kappa shape index (κ3) is 13.7. The lowest BCUT2D eigenvalue weighted by Gasteiger charge is -2.37. The number of anilines is 2. The number of aromatic hydroxyl groups is 1. The van der Waals surface area contributed by atoms with E-state index >= 15 is 0 Å². The minimum absolute atomic E-state index is 0.0213. The Morgan fingerprint density at radius 2 is 1.76 bits per heavy atom. The van der Waals surface area contributed by atoms with E-state index in [0.717, 1.165) is 107 Å². The van der Waals surface area contributed by atoms with Gasteiger partial charge in [-0.1, -0.05) is 69.3 Å². The molecule has 20 heteroatoms. The fourth-order valence-corrected chi connectivity index (χ4v) is 12.0. The van der Waals surface area contributed by atoms with Gasteiger partial charge < -0.3 is 55.1 Å². The highest BCUT2D eigenvalue weighted by Crippen LogP contribution is 2.37. The van der Waals surface area contributed by atoms with E-state index in [-0.39, 0.29) is 62.1 Å². The molecule has 0 saturated carbocycles. The predicted octanol–water partition coefficient (Wildman–Crippen LogP) is 5.66. The number of β-amino-alcohol motifs (C(OH)–C–C–N with tert-alkyl or cyclic N) is 1. The average Bonchev–Trinajstić information content (AvgIpc) is 4.11. The van der Waals surface area contributed by atoms with E-state index in [1.54, 1.807) is 17.4 Å². The molecule has 0 spiro atoms.